The lowest BCUT2D eigenvalue weighted by atomic mass is 9.84. The molecule has 1 aliphatic heterocycles. The van der Waals surface area contributed by atoms with E-state index in [1.807, 2.05) is 51.1 Å². The highest BCUT2D eigenvalue weighted by molar-refractivity contribution is 6.12. The number of aliphatic hydroxyl groups is 1. The van der Waals surface area contributed by atoms with Crippen molar-refractivity contribution in [1.82, 2.24) is 19.4 Å². The second-order valence-electron chi connectivity index (χ2n) is 15.4. The van der Waals surface area contributed by atoms with Gasteiger partial charge in [0.25, 0.3) is 11.8 Å². The Bertz CT molecular complexity index is 1870. The molecule has 11 nitrogen and oxygen atoms in total. The Morgan fingerprint density at radius 3 is 2.41 bits per heavy atom. The summed E-state index contributed by atoms with van der Waals surface area (Å²) in [5.74, 6) is -2.59. The molecule has 0 saturated heterocycles. The summed E-state index contributed by atoms with van der Waals surface area (Å²) in [5.41, 5.74) is 6.81. The third-order valence-corrected chi connectivity index (χ3v) is 10.3. The normalized spacial score (nSPS) is 18.3. The predicted octanol–water partition coefficient (Wildman–Crippen LogP) is 5.15. The maximum atomic E-state index is 15.0. The molecule has 3 amide bonds. The molecule has 0 unspecified atom stereocenters. The second-order valence-corrected chi connectivity index (χ2v) is 15.4. The summed E-state index contributed by atoms with van der Waals surface area (Å²) in [7, 11) is 0. The number of hydrogen-bond acceptors (Lipinski definition) is 8. The standard InChI is InChI=1S/C41H49F2N5O6/c1-41(2,3)39(40-45-33(30-22-29(42)13-14-31(30)43)24-46(40)23-26-8-5-4-6-9-26)48(38(54)25-49)19-17-32(44)35(51)21-27-11-12-28(20-27)34(50)10-7-18-47-36(52)15-16-37(47)53/h4-6,8-9,13-16,22,24,27-28,32,39,49H,7,10-12,17-21,23,25,44H2,1-3H3/t27-,28+,32+,39+/m1/s1. The number of benzene rings is 2. The molecule has 1 fully saturated rings. The number of aromatic nitrogens is 2. The summed E-state index contributed by atoms with van der Waals surface area (Å²) in [5, 5.41) is 10.1. The molecule has 0 spiro atoms. The number of imide groups is 1. The van der Waals surface area contributed by atoms with Crippen molar-refractivity contribution >= 4 is 29.3 Å². The Labute approximate surface area is 314 Å². The predicted molar refractivity (Wildman–Crippen MR) is 197 cm³/mol. The molecular weight excluding hydrogens is 696 g/mol. The molecule has 2 aromatic carbocycles. The summed E-state index contributed by atoms with van der Waals surface area (Å²) in [6.45, 7) is 5.43. The Hall–Kier alpha value is -4.88. The van der Waals surface area contributed by atoms with Crippen LogP contribution in [0.4, 0.5) is 8.78 Å². The lowest BCUT2D eigenvalue weighted by Crippen LogP contribution is -2.46. The van der Waals surface area contributed by atoms with Gasteiger partial charge < -0.3 is 20.3 Å². The molecule has 3 N–H and O–H groups in total. The van der Waals surface area contributed by atoms with Crippen LogP contribution in [-0.2, 0) is 30.5 Å². The number of rotatable bonds is 17. The number of imidazole rings is 1. The molecule has 0 bridgehead atoms. The van der Waals surface area contributed by atoms with Gasteiger partial charge in [-0.3, -0.25) is 28.9 Å². The average Bonchev–Trinajstić information content (AvgIpc) is 3.86. The van der Waals surface area contributed by atoms with Crippen molar-refractivity contribution in [1.29, 1.82) is 0 Å². The third kappa shape index (κ3) is 9.80. The minimum atomic E-state index is -0.917. The number of aliphatic hydroxyl groups excluding tert-OH is 1. The van der Waals surface area contributed by atoms with Gasteiger partial charge in [-0.25, -0.2) is 13.8 Å². The monoisotopic (exact) mass is 745 g/mol. The largest absolute Gasteiger partial charge is 0.387 e. The fourth-order valence-corrected chi connectivity index (χ4v) is 7.56. The molecule has 1 aromatic heterocycles. The molecule has 0 radical (unpaired) electrons. The average molecular weight is 746 g/mol. The molecule has 4 atom stereocenters. The van der Waals surface area contributed by atoms with E-state index in [1.165, 1.54) is 17.1 Å². The zero-order valence-electron chi connectivity index (χ0n) is 31.0. The number of amides is 3. The van der Waals surface area contributed by atoms with Gasteiger partial charge in [0.1, 0.15) is 35.6 Å². The molecule has 288 valence electrons. The van der Waals surface area contributed by atoms with Gasteiger partial charge in [0.15, 0.2) is 0 Å². The van der Waals surface area contributed by atoms with Crippen LogP contribution in [0.1, 0.15) is 83.1 Å². The summed E-state index contributed by atoms with van der Waals surface area (Å²) >= 11 is 0. The molecule has 2 heterocycles. The van der Waals surface area contributed by atoms with Gasteiger partial charge in [0.2, 0.25) is 5.91 Å². The Morgan fingerprint density at radius 2 is 1.74 bits per heavy atom. The van der Waals surface area contributed by atoms with Gasteiger partial charge in [0, 0.05) is 62.3 Å². The number of Topliss-reactive ketones (excluding diaryl/α,β-unsaturated/α-hetero) is 2. The van der Waals surface area contributed by atoms with Gasteiger partial charge in [-0.2, -0.15) is 0 Å². The quantitative estimate of drug-likeness (QED) is 0.180. The topological polar surface area (TPSA) is 156 Å². The van der Waals surface area contributed by atoms with Crippen LogP contribution >= 0.6 is 0 Å². The third-order valence-electron chi connectivity index (χ3n) is 10.3. The second kappa shape index (κ2) is 17.5. The molecular formula is C41H49F2N5O6. The first-order valence-electron chi connectivity index (χ1n) is 18.5. The minimum Gasteiger partial charge on any atom is -0.387 e. The van der Waals surface area contributed by atoms with E-state index in [-0.39, 0.29) is 78.8 Å². The number of carbonyl (C=O) groups is 5. The minimum absolute atomic E-state index is 0.0133. The van der Waals surface area contributed by atoms with Crippen molar-refractivity contribution in [2.75, 3.05) is 19.7 Å². The van der Waals surface area contributed by atoms with Gasteiger partial charge in [-0.1, -0.05) is 51.1 Å². The van der Waals surface area contributed by atoms with Gasteiger partial charge in [-0.05, 0) is 67.2 Å². The number of ketones is 2. The fraction of sp³-hybridized carbons (Fsp3) is 0.463. The molecule has 1 aliphatic carbocycles. The van der Waals surface area contributed by atoms with Crippen LogP contribution < -0.4 is 5.73 Å². The van der Waals surface area contributed by atoms with Crippen LogP contribution in [0.2, 0.25) is 0 Å². The summed E-state index contributed by atoms with van der Waals surface area (Å²) in [6.07, 6.45) is 6.88. The van der Waals surface area contributed by atoms with Crippen LogP contribution in [0.3, 0.4) is 0 Å². The van der Waals surface area contributed by atoms with E-state index in [1.54, 1.807) is 10.8 Å². The van der Waals surface area contributed by atoms with Gasteiger partial charge >= 0.3 is 0 Å². The lowest BCUT2D eigenvalue weighted by molar-refractivity contribution is -0.140. The van der Waals surface area contributed by atoms with Gasteiger partial charge in [0.05, 0.1) is 17.8 Å². The summed E-state index contributed by atoms with van der Waals surface area (Å²) < 4.78 is 31.1. The van der Waals surface area contributed by atoms with Crippen LogP contribution in [0.25, 0.3) is 11.3 Å². The summed E-state index contributed by atoms with van der Waals surface area (Å²) in [4.78, 5) is 70.7. The molecule has 13 heteroatoms. The van der Waals surface area contributed by atoms with E-state index in [4.69, 9.17) is 10.7 Å². The van der Waals surface area contributed by atoms with Crippen molar-refractivity contribution in [3.63, 3.8) is 0 Å². The molecule has 54 heavy (non-hydrogen) atoms. The van der Waals surface area contributed by atoms with Crippen molar-refractivity contribution in [3.8, 4) is 11.3 Å². The van der Waals surface area contributed by atoms with Crippen LogP contribution in [0, 0.1) is 28.9 Å². The van der Waals surface area contributed by atoms with E-state index in [0.29, 0.717) is 38.1 Å². The highest BCUT2D eigenvalue weighted by Gasteiger charge is 2.39. The van der Waals surface area contributed by atoms with Crippen molar-refractivity contribution < 1.29 is 37.9 Å². The maximum absolute atomic E-state index is 15.0. The van der Waals surface area contributed by atoms with E-state index in [2.05, 4.69) is 0 Å². The zero-order chi connectivity index (χ0) is 39.2. The van der Waals surface area contributed by atoms with Crippen LogP contribution in [-0.4, -0.2) is 79.5 Å². The molecule has 5 rings (SSSR count). The first kappa shape index (κ1) is 40.3. The molecule has 1 saturated carbocycles. The number of carbonyl (C=O) groups excluding carboxylic acids is 5. The number of halogens is 2. The Balaban J connectivity index is 1.28. The molecule has 3 aromatic rings. The van der Waals surface area contributed by atoms with Crippen molar-refractivity contribution in [2.45, 2.75) is 84.3 Å². The number of nitrogens with two attached hydrogens (primary N) is 1. The Morgan fingerprint density at radius 1 is 1.04 bits per heavy atom. The Kier molecular flexibility index (Phi) is 13.1. The first-order valence-corrected chi connectivity index (χ1v) is 18.5. The van der Waals surface area contributed by atoms with E-state index < -0.39 is 41.6 Å². The fourth-order valence-electron chi connectivity index (χ4n) is 7.56. The highest BCUT2D eigenvalue weighted by atomic mass is 19.1. The van der Waals surface area contributed by atoms with Crippen molar-refractivity contribution in [2.24, 2.45) is 23.0 Å². The van der Waals surface area contributed by atoms with Crippen LogP contribution in [0.5, 0.6) is 0 Å². The van der Waals surface area contributed by atoms with E-state index in [9.17, 15) is 33.5 Å². The molecule has 2 aliphatic rings. The summed E-state index contributed by atoms with van der Waals surface area (Å²) in [6, 6.07) is 10.9. The van der Waals surface area contributed by atoms with Gasteiger partial charge in [-0.15, -0.1) is 0 Å². The van der Waals surface area contributed by atoms with Crippen LogP contribution in [0.15, 0.2) is 66.9 Å². The smallest absolute Gasteiger partial charge is 0.253 e. The first-order chi connectivity index (χ1) is 25.7. The maximum Gasteiger partial charge on any atom is 0.253 e. The van der Waals surface area contributed by atoms with E-state index in [0.717, 1.165) is 28.7 Å². The van der Waals surface area contributed by atoms with E-state index >= 15 is 4.39 Å². The zero-order valence-corrected chi connectivity index (χ0v) is 31.0. The van der Waals surface area contributed by atoms with Crippen molar-refractivity contribution in [3.05, 3.63) is 89.9 Å². The highest BCUT2D eigenvalue weighted by Crippen LogP contribution is 2.40. The number of nitrogens with zero attached hydrogens (tertiary/aromatic N) is 4. The lowest BCUT2D eigenvalue weighted by Gasteiger charge is -2.40. The number of hydrogen-bond donors (Lipinski definition) is 2. The SMILES string of the molecule is CC(C)(C)[C@H](c1nc(-c2cc(F)ccc2F)cn1Cc1ccccc1)N(CC[C@H](N)C(=O)C[C@@H]1CC[C@H](C(=O)CCCN2C(=O)C=CC2=O)C1)C(=O)CO.